The van der Waals surface area contributed by atoms with Crippen LogP contribution in [0.25, 0.3) is 10.9 Å². The summed E-state index contributed by atoms with van der Waals surface area (Å²) in [4.78, 5) is 35.5. The number of nitrogens with zero attached hydrogens (tertiary/aromatic N) is 4. The summed E-state index contributed by atoms with van der Waals surface area (Å²) in [7, 11) is 1.52. The molecular weight excluding hydrogens is 492 g/mol. The molecule has 4 rings (SSSR count). The van der Waals surface area contributed by atoms with E-state index in [4.69, 9.17) is 16.3 Å². The van der Waals surface area contributed by atoms with Crippen molar-refractivity contribution in [2.24, 2.45) is 0 Å². The van der Waals surface area contributed by atoms with Crippen molar-refractivity contribution in [3.05, 3.63) is 45.8 Å². The number of nitrogens with one attached hydrogen (secondary N) is 2. The first-order valence-corrected chi connectivity index (χ1v) is 13.4. The molecule has 10 heteroatoms. The maximum Gasteiger partial charge on any atom is 0.293 e. The highest BCUT2D eigenvalue weighted by Crippen LogP contribution is 2.28. The molecule has 0 saturated carbocycles. The van der Waals surface area contributed by atoms with Gasteiger partial charge in [0.2, 0.25) is 5.95 Å². The second kappa shape index (κ2) is 15.0. The second-order valence-corrected chi connectivity index (χ2v) is 8.24. The second-order valence-electron chi connectivity index (χ2n) is 7.83. The molecule has 0 unspecified atom stereocenters. The molecule has 1 aliphatic rings. The fraction of sp³-hybridized carbons (Fsp3) is 0.481. The number of piperidine rings is 1. The zero-order chi connectivity index (χ0) is 27.4. The van der Waals surface area contributed by atoms with E-state index in [-0.39, 0.29) is 23.8 Å². The number of benzene rings is 1. The van der Waals surface area contributed by atoms with Crippen LogP contribution in [-0.2, 0) is 11.3 Å². The van der Waals surface area contributed by atoms with Gasteiger partial charge in [-0.25, -0.2) is 4.98 Å². The molecule has 2 N–H and O–H groups in total. The number of likely N-dealkylation sites (N-methyl/N-ethyl adjacent to an activating group) is 1. The Labute approximate surface area is 224 Å². The van der Waals surface area contributed by atoms with Crippen LogP contribution in [0, 0.1) is 0 Å². The number of pyridine rings is 1. The molecule has 0 atom stereocenters. The number of halogens is 1. The first kappa shape index (κ1) is 29.9. The minimum atomic E-state index is -0.309. The third-order valence-electron chi connectivity index (χ3n) is 5.65. The quantitative estimate of drug-likeness (QED) is 0.423. The maximum absolute atomic E-state index is 12.8. The summed E-state index contributed by atoms with van der Waals surface area (Å²) in [6.45, 7) is 12.0. The minimum Gasteiger partial charge on any atom is -0.478 e. The van der Waals surface area contributed by atoms with Gasteiger partial charge in [-0.3, -0.25) is 9.59 Å². The van der Waals surface area contributed by atoms with Gasteiger partial charge in [-0.15, -0.1) is 0 Å². The predicted molar refractivity (Wildman–Crippen MR) is 153 cm³/mol. The monoisotopic (exact) mass is 530 g/mol. The van der Waals surface area contributed by atoms with Crippen LogP contribution in [0.3, 0.4) is 0 Å². The van der Waals surface area contributed by atoms with Crippen LogP contribution >= 0.6 is 11.6 Å². The van der Waals surface area contributed by atoms with Crippen molar-refractivity contribution in [1.82, 2.24) is 19.9 Å². The van der Waals surface area contributed by atoms with Crippen molar-refractivity contribution >= 4 is 45.9 Å². The number of carbonyl (C=O) groups is 1. The lowest BCUT2D eigenvalue weighted by atomic mass is 10.1. The standard InChI is InChI=1S/C23H27ClN6O3.2C2H6/c1-3-30-18-8-7-16(11-15(18)12-19(22(30)32)33-14-20(31)25-2)27-21-17(24)13-26-23(28-21)29-9-5-4-6-10-29;2*1-2/h7-8,11-13H,3-6,9-10,14H2,1-2H3,(H,25,31)(H,26,27,28);2*1-2H3. The maximum atomic E-state index is 12.8. The lowest BCUT2D eigenvalue weighted by Crippen LogP contribution is -2.31. The lowest BCUT2D eigenvalue weighted by Gasteiger charge is -2.26. The molecule has 3 aromatic rings. The van der Waals surface area contributed by atoms with Gasteiger partial charge in [0.1, 0.15) is 5.02 Å². The van der Waals surface area contributed by atoms with E-state index in [0.717, 1.165) is 42.5 Å². The molecule has 1 aliphatic heterocycles. The highest BCUT2D eigenvalue weighted by atomic mass is 35.5. The van der Waals surface area contributed by atoms with E-state index < -0.39 is 0 Å². The molecule has 9 nitrogen and oxygen atoms in total. The van der Waals surface area contributed by atoms with E-state index in [9.17, 15) is 9.59 Å². The van der Waals surface area contributed by atoms with Gasteiger partial charge in [0.25, 0.3) is 11.5 Å². The lowest BCUT2D eigenvalue weighted by molar-refractivity contribution is -0.122. The van der Waals surface area contributed by atoms with Gasteiger partial charge >= 0.3 is 0 Å². The average Bonchev–Trinajstić information content (AvgIpc) is 2.95. The van der Waals surface area contributed by atoms with Crippen LogP contribution in [0.1, 0.15) is 53.9 Å². The summed E-state index contributed by atoms with van der Waals surface area (Å²) >= 11 is 6.37. The predicted octanol–water partition coefficient (Wildman–Crippen LogP) is 5.38. The molecule has 0 bridgehead atoms. The third-order valence-corrected chi connectivity index (χ3v) is 5.92. The fourth-order valence-corrected chi connectivity index (χ4v) is 4.04. The minimum absolute atomic E-state index is 0.123. The molecule has 0 radical (unpaired) electrons. The van der Waals surface area contributed by atoms with Gasteiger partial charge in [-0.1, -0.05) is 39.3 Å². The summed E-state index contributed by atoms with van der Waals surface area (Å²) in [5, 5.41) is 6.96. The number of ether oxygens (including phenoxy) is 1. The van der Waals surface area contributed by atoms with E-state index in [1.807, 2.05) is 52.8 Å². The van der Waals surface area contributed by atoms with E-state index >= 15 is 0 Å². The summed E-state index contributed by atoms with van der Waals surface area (Å²) in [5.74, 6) is 0.993. The summed E-state index contributed by atoms with van der Waals surface area (Å²) < 4.78 is 7.10. The van der Waals surface area contributed by atoms with Crippen LogP contribution in [0.5, 0.6) is 5.75 Å². The van der Waals surface area contributed by atoms with Gasteiger partial charge in [-0.2, -0.15) is 4.98 Å². The van der Waals surface area contributed by atoms with Crippen molar-refractivity contribution in [2.75, 3.05) is 37.0 Å². The number of aryl methyl sites for hydroxylation is 1. The Bertz CT molecular complexity index is 1220. The van der Waals surface area contributed by atoms with Gasteiger partial charge in [0, 0.05) is 37.8 Å². The van der Waals surface area contributed by atoms with Crippen molar-refractivity contribution in [3.63, 3.8) is 0 Å². The van der Waals surface area contributed by atoms with Crippen LogP contribution in [0.15, 0.2) is 35.3 Å². The number of anilines is 3. The molecule has 0 spiro atoms. The number of amides is 1. The molecule has 2 aromatic heterocycles. The largest absolute Gasteiger partial charge is 0.478 e. The summed E-state index contributed by atoms with van der Waals surface area (Å²) in [6, 6.07) is 7.29. The van der Waals surface area contributed by atoms with Crippen molar-refractivity contribution in [3.8, 4) is 5.75 Å². The van der Waals surface area contributed by atoms with Crippen LogP contribution < -0.4 is 25.8 Å². The number of fused-ring (bicyclic) bond motifs is 1. The van der Waals surface area contributed by atoms with Crippen LogP contribution in [0.2, 0.25) is 5.02 Å². The summed E-state index contributed by atoms with van der Waals surface area (Å²) in [6.07, 6.45) is 5.09. The van der Waals surface area contributed by atoms with Crippen molar-refractivity contribution in [1.29, 1.82) is 0 Å². The van der Waals surface area contributed by atoms with Crippen molar-refractivity contribution in [2.45, 2.75) is 60.4 Å². The smallest absolute Gasteiger partial charge is 0.293 e. The van der Waals surface area contributed by atoms with Crippen molar-refractivity contribution < 1.29 is 9.53 Å². The first-order valence-electron chi connectivity index (χ1n) is 13.1. The zero-order valence-electron chi connectivity index (χ0n) is 22.7. The third kappa shape index (κ3) is 7.58. The molecule has 1 amide bonds. The molecule has 1 aromatic carbocycles. The van der Waals surface area contributed by atoms with E-state index in [2.05, 4.69) is 25.5 Å². The van der Waals surface area contributed by atoms with Gasteiger partial charge in [0.05, 0.1) is 11.7 Å². The van der Waals surface area contributed by atoms with E-state index in [1.165, 1.54) is 13.5 Å². The topological polar surface area (TPSA) is 101 Å². The van der Waals surface area contributed by atoms with E-state index in [1.54, 1.807) is 16.8 Å². The van der Waals surface area contributed by atoms with Gasteiger partial charge < -0.3 is 24.8 Å². The average molecular weight is 531 g/mol. The Morgan fingerprint density at radius 2 is 1.81 bits per heavy atom. The molecule has 202 valence electrons. The Hall–Kier alpha value is -3.33. The number of rotatable bonds is 7. The summed E-state index contributed by atoms with van der Waals surface area (Å²) in [5.41, 5.74) is 1.24. The first-order chi connectivity index (χ1) is 18.0. The molecule has 1 fully saturated rings. The number of hydrogen-bond donors (Lipinski definition) is 2. The number of carbonyl (C=O) groups excluding carboxylic acids is 1. The fourth-order valence-electron chi connectivity index (χ4n) is 3.90. The Morgan fingerprint density at radius 1 is 1.11 bits per heavy atom. The zero-order valence-corrected chi connectivity index (χ0v) is 23.5. The molecule has 3 heterocycles. The molecule has 37 heavy (non-hydrogen) atoms. The Balaban J connectivity index is 0.00000115. The molecule has 1 saturated heterocycles. The van der Waals surface area contributed by atoms with Crippen LogP contribution in [0.4, 0.5) is 17.5 Å². The van der Waals surface area contributed by atoms with Gasteiger partial charge in [0.15, 0.2) is 18.2 Å². The SMILES string of the molecule is CC.CC.CCn1c(=O)c(OCC(=O)NC)cc2cc(Nc3nc(N4CCCCC4)ncc3Cl)ccc21. The number of aromatic nitrogens is 3. The number of hydrogen-bond acceptors (Lipinski definition) is 7. The van der Waals surface area contributed by atoms with E-state index in [0.29, 0.717) is 23.3 Å². The highest BCUT2D eigenvalue weighted by Gasteiger charge is 2.16. The molecule has 0 aliphatic carbocycles. The Kier molecular flexibility index (Phi) is 12.2. The molecular formula is C27H39ClN6O3. The Morgan fingerprint density at radius 3 is 2.46 bits per heavy atom. The normalized spacial score (nSPS) is 12.6. The van der Waals surface area contributed by atoms with Crippen LogP contribution in [-0.4, -0.2) is 47.2 Å². The van der Waals surface area contributed by atoms with Gasteiger partial charge in [-0.05, 0) is 50.5 Å². The highest BCUT2D eigenvalue weighted by molar-refractivity contribution is 6.32.